The van der Waals surface area contributed by atoms with Crippen LogP contribution < -0.4 is 4.90 Å². The van der Waals surface area contributed by atoms with E-state index in [-0.39, 0.29) is 0 Å². The molecule has 0 aliphatic carbocycles. The van der Waals surface area contributed by atoms with Gasteiger partial charge in [0.15, 0.2) is 0 Å². The first kappa shape index (κ1) is 12.4. The predicted molar refractivity (Wildman–Crippen MR) is 94.5 cm³/mol. The molecule has 0 saturated carbocycles. The zero-order chi connectivity index (χ0) is 14.5. The largest absolute Gasteiger partial charge is 0.313 e. The molecule has 5 heteroatoms. The molecule has 1 aromatic heterocycles. The van der Waals surface area contributed by atoms with Crippen LogP contribution in [0.5, 0.6) is 0 Å². The average Bonchev–Trinajstić information content (AvgIpc) is 3.26. The summed E-state index contributed by atoms with van der Waals surface area (Å²) in [6, 6.07) is 15.1. The minimum atomic E-state index is 0.882. The highest BCUT2D eigenvalue weighted by Crippen LogP contribution is 2.43. The van der Waals surface area contributed by atoms with Crippen molar-refractivity contribution >= 4 is 34.8 Å². The van der Waals surface area contributed by atoms with Crippen molar-refractivity contribution in [2.45, 2.75) is 0 Å². The van der Waals surface area contributed by atoms with Crippen molar-refractivity contribution in [3.05, 3.63) is 59.6 Å². The minimum Gasteiger partial charge on any atom is -0.313 e. The van der Waals surface area contributed by atoms with E-state index in [1.807, 2.05) is 11.6 Å². The Morgan fingerprint density at radius 1 is 1.00 bits per heavy atom. The fraction of sp³-hybridized carbons (Fsp3) is 0.0588. The normalized spacial score (nSPS) is 15.1. The first-order chi connectivity index (χ1) is 10.9. The lowest BCUT2D eigenvalue weighted by Crippen LogP contribution is -2.31. The summed E-state index contributed by atoms with van der Waals surface area (Å²) in [7, 11) is 0. The summed E-state index contributed by atoms with van der Waals surface area (Å²) >= 11 is 3.28. The summed E-state index contributed by atoms with van der Waals surface area (Å²) < 4.78 is 4.66. The molecule has 3 aromatic rings. The maximum Gasteiger partial charge on any atom is 0.149 e. The van der Waals surface area contributed by atoms with Crippen molar-refractivity contribution in [3.8, 4) is 21.7 Å². The van der Waals surface area contributed by atoms with Gasteiger partial charge >= 0.3 is 0 Å². The van der Waals surface area contributed by atoms with E-state index in [0.29, 0.717) is 0 Å². The number of anilines is 1. The fourth-order valence-electron chi connectivity index (χ4n) is 3.04. The maximum atomic E-state index is 4.66. The number of fused-ring (bicyclic) bond motifs is 6. The molecule has 3 heterocycles. The molecule has 0 fully saturated rings. The van der Waals surface area contributed by atoms with Gasteiger partial charge in [0.25, 0.3) is 0 Å². The number of rotatable bonds is 1. The van der Waals surface area contributed by atoms with Gasteiger partial charge in [-0.05, 0) is 29.6 Å². The fourth-order valence-corrected chi connectivity index (χ4v) is 4.43. The smallest absolute Gasteiger partial charge is 0.149 e. The third-order valence-electron chi connectivity index (χ3n) is 4.02. The van der Waals surface area contributed by atoms with Gasteiger partial charge in [0.1, 0.15) is 10.8 Å². The van der Waals surface area contributed by atoms with Gasteiger partial charge in [0, 0.05) is 28.3 Å². The molecule has 5 rings (SSSR count). The molecule has 0 N–H and O–H groups in total. The van der Waals surface area contributed by atoms with Gasteiger partial charge in [-0.25, -0.2) is 4.98 Å². The lowest BCUT2D eigenvalue weighted by molar-refractivity contribution is 1.23. The highest BCUT2D eigenvalue weighted by atomic mass is 32.2. The summed E-state index contributed by atoms with van der Waals surface area (Å²) in [5.74, 6) is 1.95. The van der Waals surface area contributed by atoms with Gasteiger partial charge < -0.3 is 4.90 Å². The highest BCUT2D eigenvalue weighted by molar-refractivity contribution is 7.98. The number of benzene rings is 2. The Hall–Kier alpha value is -2.11. The highest BCUT2D eigenvalue weighted by Gasteiger charge is 2.31. The van der Waals surface area contributed by atoms with Crippen LogP contribution in [0.1, 0.15) is 5.56 Å². The minimum absolute atomic E-state index is 0.882. The summed E-state index contributed by atoms with van der Waals surface area (Å²) in [4.78, 5) is 6.72. The molecule has 2 aromatic carbocycles. The number of nitrogens with zero attached hydrogens (tertiary/aromatic N) is 3. The van der Waals surface area contributed by atoms with Crippen LogP contribution >= 0.6 is 23.3 Å². The van der Waals surface area contributed by atoms with Gasteiger partial charge in [-0.1, -0.05) is 30.3 Å². The first-order valence-electron chi connectivity index (χ1n) is 7.03. The molecule has 3 nitrogen and oxygen atoms in total. The van der Waals surface area contributed by atoms with Gasteiger partial charge in [0.05, 0.1) is 11.6 Å². The van der Waals surface area contributed by atoms with Crippen LogP contribution in [0.25, 0.3) is 21.7 Å². The first-order valence-corrected chi connectivity index (χ1v) is 8.85. The molecule has 0 radical (unpaired) electrons. The van der Waals surface area contributed by atoms with E-state index in [1.165, 1.54) is 22.4 Å². The molecule has 106 valence electrons. The van der Waals surface area contributed by atoms with Crippen LogP contribution in [-0.2, 0) is 0 Å². The summed E-state index contributed by atoms with van der Waals surface area (Å²) in [6.07, 6.45) is 1.85. The second-order valence-electron chi connectivity index (χ2n) is 5.22. The van der Waals surface area contributed by atoms with Crippen LogP contribution in [0.15, 0.2) is 58.4 Å². The maximum absolute atomic E-state index is 4.66. The number of amidine groups is 1. The van der Waals surface area contributed by atoms with Gasteiger partial charge in [-0.15, -0.1) is 11.3 Å². The molecular formula is C17H11N3S2. The predicted octanol–water partition coefficient (Wildman–Crippen LogP) is 4.66. The van der Waals surface area contributed by atoms with Gasteiger partial charge in [-0.2, -0.15) is 4.40 Å². The lowest BCUT2D eigenvalue weighted by atomic mass is 9.91. The van der Waals surface area contributed by atoms with Crippen molar-refractivity contribution < 1.29 is 0 Å². The second kappa shape index (κ2) is 4.69. The molecule has 0 bridgehead atoms. The van der Waals surface area contributed by atoms with Crippen molar-refractivity contribution in [1.82, 2.24) is 4.98 Å². The third kappa shape index (κ3) is 1.69. The standard InChI is InChI=1S/C17H11N3S2/c1-2-4-15-13(3-1)12-6-5-11(17-18-7-8-21-17)9-14(12)16-19-22-10-20(15)16/h1-9H,10H2. The van der Waals surface area contributed by atoms with Crippen LogP contribution in [0.4, 0.5) is 5.69 Å². The van der Waals surface area contributed by atoms with Crippen molar-refractivity contribution in [1.29, 1.82) is 0 Å². The topological polar surface area (TPSA) is 28.5 Å². The molecule has 2 aliphatic heterocycles. The van der Waals surface area contributed by atoms with Gasteiger partial charge in [-0.3, -0.25) is 0 Å². The molecular weight excluding hydrogens is 310 g/mol. The number of aromatic nitrogens is 1. The second-order valence-corrected chi connectivity index (χ2v) is 6.81. The Kier molecular flexibility index (Phi) is 2.65. The quantitative estimate of drug-likeness (QED) is 0.610. The number of para-hydroxylation sites is 1. The zero-order valence-corrected chi connectivity index (χ0v) is 13.2. The molecule has 22 heavy (non-hydrogen) atoms. The number of hydrogen-bond acceptors (Lipinski definition) is 5. The monoisotopic (exact) mass is 321 g/mol. The SMILES string of the molecule is c1ccc2c(c1)-c1ccc(-c3nccs3)cc1C1=NSCN12. The van der Waals surface area contributed by atoms with E-state index >= 15 is 0 Å². The van der Waals surface area contributed by atoms with Crippen LogP contribution in [-0.4, -0.2) is 16.7 Å². The van der Waals surface area contributed by atoms with Gasteiger partial charge in [0.2, 0.25) is 0 Å². The van der Waals surface area contributed by atoms with Crippen molar-refractivity contribution in [2.75, 3.05) is 10.8 Å². The number of thiazole rings is 1. The Balaban J connectivity index is 1.78. The zero-order valence-electron chi connectivity index (χ0n) is 11.6. The van der Waals surface area contributed by atoms with E-state index in [0.717, 1.165) is 22.3 Å². The van der Waals surface area contributed by atoms with Crippen molar-refractivity contribution in [3.63, 3.8) is 0 Å². The summed E-state index contributed by atoms with van der Waals surface area (Å²) in [5.41, 5.74) is 6.16. The third-order valence-corrected chi connectivity index (χ3v) is 5.52. The van der Waals surface area contributed by atoms with E-state index in [2.05, 4.69) is 56.7 Å². The Morgan fingerprint density at radius 2 is 1.95 bits per heavy atom. The van der Waals surface area contributed by atoms with E-state index in [4.69, 9.17) is 0 Å². The van der Waals surface area contributed by atoms with E-state index < -0.39 is 0 Å². The van der Waals surface area contributed by atoms with Crippen LogP contribution in [0, 0.1) is 0 Å². The van der Waals surface area contributed by atoms with Crippen molar-refractivity contribution in [2.24, 2.45) is 4.40 Å². The molecule has 0 spiro atoms. The molecule has 0 unspecified atom stereocenters. The molecule has 2 aliphatic rings. The van der Waals surface area contributed by atoms with Crippen LogP contribution in [0.3, 0.4) is 0 Å². The summed E-state index contributed by atoms with van der Waals surface area (Å²) in [6.45, 7) is 0. The average molecular weight is 321 g/mol. The van der Waals surface area contributed by atoms with E-state index in [1.54, 1.807) is 23.3 Å². The Morgan fingerprint density at radius 3 is 2.86 bits per heavy atom. The Labute approximate surface area is 136 Å². The van der Waals surface area contributed by atoms with E-state index in [9.17, 15) is 0 Å². The summed E-state index contributed by atoms with van der Waals surface area (Å²) in [5, 5.41) is 3.07. The molecule has 0 atom stereocenters. The lowest BCUT2D eigenvalue weighted by Gasteiger charge is -2.29. The Bertz CT molecular complexity index is 900. The molecule has 0 saturated heterocycles. The number of hydrogen-bond donors (Lipinski definition) is 0. The van der Waals surface area contributed by atoms with Crippen LogP contribution in [0.2, 0.25) is 0 Å². The molecule has 0 amide bonds.